The standard InChI is InChI=1S/C54H47NO2/c1-4-39-52-48(49(52)36-17-9-6-10-18-36)32(2)33(3)53(37-27-25-35(26-28-37)34-15-7-5-8-16-34)55-54(39)42-21-14-24-47-51(42)43-31-38(29-30-45(43)57-47)40-20-13-23-46-50(40)41-19-11-12-22-44(41)56-46/h6-7,9-19,21-33,40,48-49,52H,4-5,8,20H2,1-3H3/b54-39-,55-53+. The molecule has 2 aromatic heterocycles. The second kappa shape index (κ2) is 13.6. The molecule has 7 aromatic rings. The van der Waals surface area contributed by atoms with Gasteiger partial charge in [0, 0.05) is 39.1 Å². The second-order valence-corrected chi connectivity index (χ2v) is 16.7. The van der Waals surface area contributed by atoms with E-state index in [2.05, 4.69) is 166 Å². The van der Waals surface area contributed by atoms with Gasteiger partial charge < -0.3 is 8.83 Å². The fourth-order valence-corrected chi connectivity index (χ4v) is 10.8. The van der Waals surface area contributed by atoms with E-state index in [0.29, 0.717) is 23.7 Å². The highest BCUT2D eigenvalue weighted by Gasteiger charge is 2.57. The number of fused-ring (bicyclic) bond motifs is 7. The molecule has 3 aliphatic carbocycles. The van der Waals surface area contributed by atoms with E-state index in [4.69, 9.17) is 13.8 Å². The zero-order chi connectivity index (χ0) is 38.2. The predicted molar refractivity (Wildman–Crippen MR) is 236 cm³/mol. The molecule has 3 nitrogen and oxygen atoms in total. The SMILES string of the molecule is CC/C1=C(c2cccc3oc4ccc(C5CC=Cc6oc7ccccc7c65)cc4c23)/N=C(/c2ccc(C3=CCCC=C3)cc2)C(C)C(C)C2C1C2c1ccccc1. The fourth-order valence-electron chi connectivity index (χ4n) is 10.8. The number of benzene rings is 5. The Morgan fingerprint density at radius 1 is 0.667 bits per heavy atom. The first-order valence-electron chi connectivity index (χ1n) is 21.0. The lowest BCUT2D eigenvalue weighted by Gasteiger charge is -2.27. The van der Waals surface area contributed by atoms with Gasteiger partial charge in [-0.15, -0.1) is 0 Å². The molecule has 0 spiro atoms. The van der Waals surface area contributed by atoms with Crippen LogP contribution in [0.3, 0.4) is 0 Å². The zero-order valence-corrected chi connectivity index (χ0v) is 32.9. The van der Waals surface area contributed by atoms with Gasteiger partial charge in [-0.05, 0) is 113 Å². The lowest BCUT2D eigenvalue weighted by Crippen LogP contribution is -2.24. The van der Waals surface area contributed by atoms with Crippen LogP contribution in [-0.4, -0.2) is 5.71 Å². The summed E-state index contributed by atoms with van der Waals surface area (Å²) in [5, 5.41) is 3.50. The van der Waals surface area contributed by atoms with Crippen LogP contribution in [-0.2, 0) is 0 Å². The van der Waals surface area contributed by atoms with Gasteiger partial charge in [0.25, 0.3) is 0 Å². The van der Waals surface area contributed by atoms with Crippen LogP contribution < -0.4 is 0 Å². The number of aliphatic imine (C=N–C) groups is 1. The maximum Gasteiger partial charge on any atom is 0.136 e. The number of nitrogens with zero attached hydrogens (tertiary/aromatic N) is 1. The van der Waals surface area contributed by atoms with E-state index in [9.17, 15) is 0 Å². The summed E-state index contributed by atoms with van der Waals surface area (Å²) >= 11 is 0. The van der Waals surface area contributed by atoms with Gasteiger partial charge in [-0.1, -0.05) is 136 Å². The summed E-state index contributed by atoms with van der Waals surface area (Å²) in [5.74, 6) is 3.34. The Balaban J connectivity index is 1.11. The highest BCUT2D eigenvalue weighted by molar-refractivity contribution is 6.13. The predicted octanol–water partition coefficient (Wildman–Crippen LogP) is 14.5. The topological polar surface area (TPSA) is 38.6 Å². The third kappa shape index (κ3) is 5.57. The Kier molecular flexibility index (Phi) is 8.21. The lowest BCUT2D eigenvalue weighted by molar-refractivity contribution is 0.405. The van der Waals surface area contributed by atoms with Gasteiger partial charge in [0.1, 0.15) is 22.5 Å². The summed E-state index contributed by atoms with van der Waals surface area (Å²) < 4.78 is 13.1. The van der Waals surface area contributed by atoms with Crippen molar-refractivity contribution >= 4 is 56.0 Å². The molecule has 5 aromatic carbocycles. The van der Waals surface area contributed by atoms with Gasteiger partial charge in [0.15, 0.2) is 0 Å². The van der Waals surface area contributed by atoms with Crippen molar-refractivity contribution in [2.24, 2.45) is 28.7 Å². The summed E-state index contributed by atoms with van der Waals surface area (Å²) in [7, 11) is 0. The molecule has 6 unspecified atom stereocenters. The molecule has 0 radical (unpaired) electrons. The Hall–Kier alpha value is -5.93. The fraction of sp³-hybridized carbons (Fsp3) is 0.241. The smallest absolute Gasteiger partial charge is 0.136 e. The molecule has 1 saturated carbocycles. The molecular formula is C54H47NO2. The third-order valence-corrected chi connectivity index (χ3v) is 13.7. The van der Waals surface area contributed by atoms with Crippen LogP contribution in [0.4, 0.5) is 0 Å². The highest BCUT2D eigenvalue weighted by atomic mass is 16.3. The first-order chi connectivity index (χ1) is 28.1. The van der Waals surface area contributed by atoms with E-state index in [1.165, 1.54) is 55.6 Å². The van der Waals surface area contributed by atoms with Gasteiger partial charge >= 0.3 is 0 Å². The average molecular weight is 742 g/mol. The van der Waals surface area contributed by atoms with Crippen LogP contribution >= 0.6 is 0 Å². The van der Waals surface area contributed by atoms with Crippen molar-refractivity contribution in [1.29, 1.82) is 0 Å². The molecule has 0 N–H and O–H groups in total. The Morgan fingerprint density at radius 3 is 2.28 bits per heavy atom. The van der Waals surface area contributed by atoms with E-state index in [-0.39, 0.29) is 11.8 Å². The van der Waals surface area contributed by atoms with Crippen LogP contribution in [0.2, 0.25) is 0 Å². The van der Waals surface area contributed by atoms with Crippen LogP contribution in [0.15, 0.2) is 159 Å². The first kappa shape index (κ1) is 34.3. The van der Waals surface area contributed by atoms with Crippen LogP contribution in [0.1, 0.15) is 97.4 Å². The Morgan fingerprint density at radius 2 is 1.46 bits per heavy atom. The summed E-state index contributed by atoms with van der Waals surface area (Å²) in [4.78, 5) is 5.92. The van der Waals surface area contributed by atoms with Crippen molar-refractivity contribution in [2.75, 3.05) is 0 Å². The maximum absolute atomic E-state index is 6.71. The number of allylic oxidation sites excluding steroid dienone is 6. The van der Waals surface area contributed by atoms with Gasteiger partial charge in [0.2, 0.25) is 0 Å². The third-order valence-electron chi connectivity index (χ3n) is 13.7. The van der Waals surface area contributed by atoms with E-state index >= 15 is 0 Å². The van der Waals surface area contributed by atoms with Gasteiger partial charge in [0.05, 0.1) is 11.4 Å². The lowest BCUT2D eigenvalue weighted by atomic mass is 9.81. The van der Waals surface area contributed by atoms with E-state index in [0.717, 1.165) is 64.7 Å². The molecule has 57 heavy (non-hydrogen) atoms. The summed E-state index contributed by atoms with van der Waals surface area (Å²) in [6, 6.07) is 42.4. The summed E-state index contributed by atoms with van der Waals surface area (Å²) in [5.41, 5.74) is 15.5. The molecule has 1 aliphatic heterocycles. The maximum atomic E-state index is 6.71. The largest absolute Gasteiger partial charge is 0.456 e. The Bertz CT molecular complexity index is 2860. The minimum absolute atomic E-state index is 0.190. The Labute approximate surface area is 334 Å². The van der Waals surface area contributed by atoms with E-state index < -0.39 is 0 Å². The number of furan rings is 2. The molecule has 4 aliphatic rings. The molecule has 3 heteroatoms. The van der Waals surface area contributed by atoms with Gasteiger partial charge in [-0.2, -0.15) is 0 Å². The van der Waals surface area contributed by atoms with Crippen molar-refractivity contribution in [2.45, 2.75) is 58.3 Å². The highest BCUT2D eigenvalue weighted by Crippen LogP contribution is 2.65. The number of rotatable bonds is 6. The normalized spacial score (nSPS) is 26.4. The van der Waals surface area contributed by atoms with Gasteiger partial charge in [-0.25, -0.2) is 0 Å². The molecule has 0 amide bonds. The number of para-hydroxylation sites is 1. The van der Waals surface area contributed by atoms with Crippen LogP contribution in [0.5, 0.6) is 0 Å². The van der Waals surface area contributed by atoms with Gasteiger partial charge in [-0.3, -0.25) is 4.99 Å². The van der Waals surface area contributed by atoms with E-state index in [1.54, 1.807) is 0 Å². The first-order valence-corrected chi connectivity index (χ1v) is 21.0. The molecular weight excluding hydrogens is 695 g/mol. The molecule has 3 heterocycles. The monoisotopic (exact) mass is 741 g/mol. The summed E-state index contributed by atoms with van der Waals surface area (Å²) in [6.07, 6.45) is 15.4. The minimum Gasteiger partial charge on any atom is -0.456 e. The van der Waals surface area contributed by atoms with Crippen molar-refractivity contribution < 1.29 is 8.83 Å². The van der Waals surface area contributed by atoms with E-state index in [1.807, 2.05) is 0 Å². The molecule has 0 saturated heterocycles. The van der Waals surface area contributed by atoms with Crippen LogP contribution in [0.25, 0.3) is 50.3 Å². The van der Waals surface area contributed by atoms with Crippen molar-refractivity contribution in [3.05, 3.63) is 184 Å². The molecule has 6 atom stereocenters. The van der Waals surface area contributed by atoms with Crippen molar-refractivity contribution in [3.8, 4) is 0 Å². The molecule has 280 valence electrons. The average Bonchev–Trinajstić information content (AvgIpc) is 3.68. The number of hydrogen-bond donors (Lipinski definition) is 0. The van der Waals surface area contributed by atoms with Crippen molar-refractivity contribution in [1.82, 2.24) is 0 Å². The minimum atomic E-state index is 0.190. The molecule has 0 bridgehead atoms. The second-order valence-electron chi connectivity index (χ2n) is 16.7. The quantitative estimate of drug-likeness (QED) is 0.170. The molecule has 11 rings (SSSR count). The molecule has 1 fully saturated rings. The summed E-state index contributed by atoms with van der Waals surface area (Å²) in [6.45, 7) is 7.24. The number of hydrogen-bond acceptors (Lipinski definition) is 3. The van der Waals surface area contributed by atoms with Crippen molar-refractivity contribution in [3.63, 3.8) is 0 Å². The zero-order valence-electron chi connectivity index (χ0n) is 32.9. The van der Waals surface area contributed by atoms with Crippen LogP contribution in [0, 0.1) is 23.7 Å².